The van der Waals surface area contributed by atoms with Crippen molar-refractivity contribution in [2.24, 2.45) is 0 Å². The number of benzene rings is 1. The average molecular weight is 319 g/mol. The van der Waals surface area contributed by atoms with Crippen LogP contribution in [0, 0.1) is 0 Å². The van der Waals surface area contributed by atoms with E-state index in [1.807, 2.05) is 42.5 Å². The zero-order valence-corrected chi connectivity index (χ0v) is 13.5. The summed E-state index contributed by atoms with van der Waals surface area (Å²) in [6.07, 6.45) is 7.39. The van der Waals surface area contributed by atoms with Gasteiger partial charge in [-0.05, 0) is 5.56 Å². The van der Waals surface area contributed by atoms with E-state index in [0.717, 1.165) is 11.3 Å². The van der Waals surface area contributed by atoms with Crippen molar-refractivity contribution >= 4 is 29.7 Å². The summed E-state index contributed by atoms with van der Waals surface area (Å²) in [4.78, 5) is 22.4. The highest BCUT2D eigenvalue weighted by atomic mass is 32.2. The van der Waals surface area contributed by atoms with E-state index in [9.17, 15) is 9.59 Å². The standard InChI is InChI=1S/C17H21NO3S/c1-21-17(20)11-13-22-14-12-18-16(19)10-6-5-9-15-7-3-2-4-8-15/h2-10H,11-14H2,1H3,(H,18,19). The molecule has 0 atom stereocenters. The number of carbonyl (C=O) groups excluding carboxylic acids is 2. The van der Waals surface area contributed by atoms with Crippen LogP contribution in [0.2, 0.25) is 0 Å². The molecule has 5 heteroatoms. The molecular weight excluding hydrogens is 298 g/mol. The number of nitrogens with one attached hydrogen (secondary N) is 1. The Morgan fingerprint density at radius 2 is 1.95 bits per heavy atom. The first-order valence-corrected chi connectivity index (χ1v) is 8.20. The Kier molecular flexibility index (Phi) is 9.54. The van der Waals surface area contributed by atoms with E-state index in [0.29, 0.717) is 18.7 Å². The number of ether oxygens (including phenoxy) is 1. The molecule has 1 aromatic rings. The third kappa shape index (κ3) is 9.02. The maximum atomic E-state index is 11.5. The van der Waals surface area contributed by atoms with Crippen LogP contribution in [0.3, 0.4) is 0 Å². The van der Waals surface area contributed by atoms with Gasteiger partial charge in [0.05, 0.1) is 13.5 Å². The van der Waals surface area contributed by atoms with Crippen molar-refractivity contribution in [1.29, 1.82) is 0 Å². The Balaban J connectivity index is 2.09. The van der Waals surface area contributed by atoms with Crippen molar-refractivity contribution in [3.05, 3.63) is 54.1 Å². The lowest BCUT2D eigenvalue weighted by atomic mass is 10.2. The number of hydrogen-bond acceptors (Lipinski definition) is 4. The molecule has 0 aromatic heterocycles. The predicted molar refractivity (Wildman–Crippen MR) is 91.6 cm³/mol. The second-order valence-corrected chi connectivity index (χ2v) is 5.58. The van der Waals surface area contributed by atoms with E-state index < -0.39 is 0 Å². The van der Waals surface area contributed by atoms with Gasteiger partial charge in [0.25, 0.3) is 0 Å². The fraction of sp³-hybridized carbons (Fsp3) is 0.294. The summed E-state index contributed by atoms with van der Waals surface area (Å²) in [6, 6.07) is 9.89. The zero-order chi connectivity index (χ0) is 16.0. The van der Waals surface area contributed by atoms with E-state index in [-0.39, 0.29) is 11.9 Å². The number of thioether (sulfide) groups is 1. The fourth-order valence-electron chi connectivity index (χ4n) is 1.54. The first-order valence-electron chi connectivity index (χ1n) is 7.04. The lowest BCUT2D eigenvalue weighted by molar-refractivity contribution is -0.140. The molecule has 0 spiro atoms. The van der Waals surface area contributed by atoms with Gasteiger partial charge in [0, 0.05) is 24.1 Å². The van der Waals surface area contributed by atoms with E-state index in [4.69, 9.17) is 0 Å². The van der Waals surface area contributed by atoms with Gasteiger partial charge in [-0.1, -0.05) is 48.6 Å². The van der Waals surface area contributed by atoms with Crippen LogP contribution in [0.5, 0.6) is 0 Å². The first-order chi connectivity index (χ1) is 10.7. The lowest BCUT2D eigenvalue weighted by Gasteiger charge is -2.02. The largest absolute Gasteiger partial charge is 0.469 e. The quantitative estimate of drug-likeness (QED) is 0.329. The summed E-state index contributed by atoms with van der Waals surface area (Å²) in [5, 5.41) is 2.79. The number of allylic oxidation sites excluding steroid dienone is 2. The Bertz CT molecular complexity index is 512. The van der Waals surface area contributed by atoms with Gasteiger partial charge in [-0.2, -0.15) is 11.8 Å². The molecule has 4 nitrogen and oxygen atoms in total. The van der Waals surface area contributed by atoms with Gasteiger partial charge in [0.1, 0.15) is 0 Å². The topological polar surface area (TPSA) is 55.4 Å². The fourth-order valence-corrected chi connectivity index (χ4v) is 2.30. The van der Waals surface area contributed by atoms with Gasteiger partial charge in [-0.15, -0.1) is 0 Å². The molecule has 1 N–H and O–H groups in total. The number of rotatable bonds is 9. The summed E-state index contributed by atoms with van der Waals surface area (Å²) in [5.74, 6) is 1.16. The van der Waals surface area contributed by atoms with Gasteiger partial charge in [-0.25, -0.2) is 0 Å². The third-order valence-electron chi connectivity index (χ3n) is 2.67. The second-order valence-electron chi connectivity index (χ2n) is 4.36. The molecule has 0 bridgehead atoms. The molecule has 0 aliphatic heterocycles. The molecule has 0 aliphatic rings. The van der Waals surface area contributed by atoms with Crippen molar-refractivity contribution < 1.29 is 14.3 Å². The van der Waals surface area contributed by atoms with Crippen molar-refractivity contribution in [2.45, 2.75) is 6.42 Å². The van der Waals surface area contributed by atoms with Crippen LogP contribution in [0.1, 0.15) is 12.0 Å². The van der Waals surface area contributed by atoms with Crippen LogP contribution in [0.25, 0.3) is 6.08 Å². The van der Waals surface area contributed by atoms with Crippen molar-refractivity contribution in [2.75, 3.05) is 25.2 Å². The molecular formula is C17H21NO3S. The monoisotopic (exact) mass is 319 g/mol. The van der Waals surface area contributed by atoms with Gasteiger partial charge in [-0.3, -0.25) is 9.59 Å². The van der Waals surface area contributed by atoms with E-state index in [1.54, 1.807) is 17.8 Å². The molecule has 1 rings (SSSR count). The second kappa shape index (κ2) is 11.6. The Morgan fingerprint density at radius 1 is 1.18 bits per heavy atom. The zero-order valence-electron chi connectivity index (χ0n) is 12.7. The Morgan fingerprint density at radius 3 is 2.68 bits per heavy atom. The molecule has 0 aliphatic carbocycles. The minimum absolute atomic E-state index is 0.119. The minimum Gasteiger partial charge on any atom is -0.469 e. The van der Waals surface area contributed by atoms with Crippen LogP contribution in [-0.2, 0) is 14.3 Å². The van der Waals surface area contributed by atoms with E-state index in [2.05, 4.69) is 10.1 Å². The molecule has 118 valence electrons. The van der Waals surface area contributed by atoms with Crippen LogP contribution in [-0.4, -0.2) is 37.0 Å². The van der Waals surface area contributed by atoms with Crippen molar-refractivity contribution in [3.63, 3.8) is 0 Å². The molecule has 22 heavy (non-hydrogen) atoms. The molecule has 1 aromatic carbocycles. The molecule has 0 heterocycles. The summed E-state index contributed by atoms with van der Waals surface area (Å²) in [6.45, 7) is 0.581. The third-order valence-corrected chi connectivity index (χ3v) is 3.66. The number of esters is 1. The normalized spacial score (nSPS) is 11.0. The summed E-state index contributed by atoms with van der Waals surface area (Å²) < 4.78 is 4.54. The highest BCUT2D eigenvalue weighted by molar-refractivity contribution is 7.99. The SMILES string of the molecule is COC(=O)CCSCCNC(=O)C=CC=Cc1ccccc1. The van der Waals surface area contributed by atoms with Crippen LogP contribution in [0.15, 0.2) is 48.6 Å². The van der Waals surface area contributed by atoms with Crippen LogP contribution < -0.4 is 5.32 Å². The van der Waals surface area contributed by atoms with Crippen LogP contribution >= 0.6 is 11.8 Å². The van der Waals surface area contributed by atoms with Gasteiger partial charge < -0.3 is 10.1 Å². The van der Waals surface area contributed by atoms with E-state index >= 15 is 0 Å². The summed E-state index contributed by atoms with van der Waals surface area (Å²) in [7, 11) is 1.38. The molecule has 0 saturated heterocycles. The minimum atomic E-state index is -0.204. The smallest absolute Gasteiger partial charge is 0.306 e. The highest BCUT2D eigenvalue weighted by Crippen LogP contribution is 2.02. The van der Waals surface area contributed by atoms with Crippen molar-refractivity contribution in [3.8, 4) is 0 Å². The number of amides is 1. The molecule has 1 amide bonds. The maximum Gasteiger partial charge on any atom is 0.306 e. The Labute approximate surface area is 135 Å². The molecule has 0 radical (unpaired) electrons. The highest BCUT2D eigenvalue weighted by Gasteiger charge is 1.99. The molecule has 0 saturated carbocycles. The maximum absolute atomic E-state index is 11.5. The van der Waals surface area contributed by atoms with Gasteiger partial charge in [0.2, 0.25) is 5.91 Å². The average Bonchev–Trinajstić information content (AvgIpc) is 2.55. The summed E-state index contributed by atoms with van der Waals surface area (Å²) in [5.41, 5.74) is 1.09. The predicted octanol–water partition coefficient (Wildman–Crippen LogP) is 2.67. The van der Waals surface area contributed by atoms with Gasteiger partial charge in [0.15, 0.2) is 0 Å². The van der Waals surface area contributed by atoms with E-state index in [1.165, 1.54) is 13.2 Å². The molecule has 0 unspecified atom stereocenters. The number of carbonyl (C=O) groups is 2. The molecule has 0 fully saturated rings. The Hall–Kier alpha value is -2.01. The van der Waals surface area contributed by atoms with Crippen molar-refractivity contribution in [1.82, 2.24) is 5.32 Å². The number of hydrogen-bond donors (Lipinski definition) is 1. The number of methoxy groups -OCH3 is 1. The summed E-state index contributed by atoms with van der Waals surface area (Å²) >= 11 is 1.61. The lowest BCUT2D eigenvalue weighted by Crippen LogP contribution is -2.23. The first kappa shape index (κ1) is 18.0. The van der Waals surface area contributed by atoms with Gasteiger partial charge >= 0.3 is 5.97 Å². The van der Waals surface area contributed by atoms with Crippen LogP contribution in [0.4, 0.5) is 0 Å².